The van der Waals surface area contributed by atoms with Gasteiger partial charge in [0.2, 0.25) is 0 Å². The molecule has 0 bridgehead atoms. The summed E-state index contributed by atoms with van der Waals surface area (Å²) in [5, 5.41) is 29.9. The Bertz CT molecular complexity index is 825. The second-order valence-corrected chi connectivity index (χ2v) is 8.73. The minimum Gasteiger partial charge on any atom is -0.380 e. The first-order valence-electron chi connectivity index (χ1n) is 10.4. The molecule has 30 heavy (non-hydrogen) atoms. The summed E-state index contributed by atoms with van der Waals surface area (Å²) in [6.07, 6.45) is 0.780. The van der Waals surface area contributed by atoms with Crippen LogP contribution in [0.15, 0.2) is 12.7 Å². The van der Waals surface area contributed by atoms with E-state index < -0.39 is 30.2 Å². The van der Waals surface area contributed by atoms with Crippen LogP contribution in [0.4, 0.5) is 13.2 Å². The van der Waals surface area contributed by atoms with Crippen LogP contribution in [-0.2, 0) is 18.6 Å². The van der Waals surface area contributed by atoms with Gasteiger partial charge < -0.3 is 10.4 Å². The molecule has 1 unspecified atom stereocenters. The molecular weight excluding hydrogens is 401 g/mol. The summed E-state index contributed by atoms with van der Waals surface area (Å²) in [5.74, 6) is 1.08. The van der Waals surface area contributed by atoms with Crippen LogP contribution >= 0.6 is 0 Å². The highest BCUT2D eigenvalue weighted by Crippen LogP contribution is 2.48. The van der Waals surface area contributed by atoms with E-state index in [4.69, 9.17) is 0 Å². The third-order valence-corrected chi connectivity index (χ3v) is 6.33. The van der Waals surface area contributed by atoms with Crippen LogP contribution < -0.4 is 5.32 Å². The number of rotatable bonds is 8. The van der Waals surface area contributed by atoms with Gasteiger partial charge in [0, 0.05) is 19.1 Å². The molecule has 0 spiro atoms. The highest BCUT2D eigenvalue weighted by Gasteiger charge is 2.58. The van der Waals surface area contributed by atoms with E-state index in [9.17, 15) is 18.3 Å². The summed E-state index contributed by atoms with van der Waals surface area (Å²) in [4.78, 5) is 3.92. The Morgan fingerprint density at radius 3 is 2.60 bits per heavy atom. The molecular formula is C18H27F3N8O. The van der Waals surface area contributed by atoms with Crippen molar-refractivity contribution in [1.82, 2.24) is 40.3 Å². The molecule has 4 rings (SSSR count). The third-order valence-electron chi connectivity index (χ3n) is 6.33. The summed E-state index contributed by atoms with van der Waals surface area (Å²) in [5.41, 5.74) is -3.49. The van der Waals surface area contributed by atoms with Crippen LogP contribution in [0.25, 0.3) is 0 Å². The number of nitrogens with zero attached hydrogens (tertiary/aromatic N) is 7. The van der Waals surface area contributed by atoms with Crippen LogP contribution in [-0.4, -0.2) is 57.9 Å². The standard InChI is InChI=1S/C18H27F3N8O/c1-13(4-9-28-12-22-11-23-28)24-16(5-7-17(30,8-6-16)18(19,20)21)15-25-26-27-29(15)10-14-2-3-14/h11-14,24,30H,2-10H2,1H3. The Balaban J connectivity index is 1.53. The molecule has 1 atom stereocenters. The smallest absolute Gasteiger partial charge is 0.380 e. The van der Waals surface area contributed by atoms with E-state index in [0.717, 1.165) is 12.8 Å². The second-order valence-electron chi connectivity index (χ2n) is 8.73. The van der Waals surface area contributed by atoms with E-state index in [-0.39, 0.29) is 18.9 Å². The van der Waals surface area contributed by atoms with Crippen molar-refractivity contribution in [1.29, 1.82) is 0 Å². The van der Waals surface area contributed by atoms with E-state index in [1.54, 1.807) is 15.7 Å². The molecule has 2 aromatic heterocycles. The number of nitrogens with one attached hydrogen (secondary N) is 1. The maximum absolute atomic E-state index is 13.4. The molecule has 2 aromatic rings. The van der Waals surface area contributed by atoms with Crippen LogP contribution in [0, 0.1) is 5.92 Å². The van der Waals surface area contributed by atoms with Gasteiger partial charge in [0.15, 0.2) is 11.4 Å². The van der Waals surface area contributed by atoms with Gasteiger partial charge in [0.05, 0.1) is 5.54 Å². The van der Waals surface area contributed by atoms with Gasteiger partial charge in [-0.05, 0) is 68.2 Å². The van der Waals surface area contributed by atoms with Crippen molar-refractivity contribution in [3.05, 3.63) is 18.5 Å². The lowest BCUT2D eigenvalue weighted by Crippen LogP contribution is -2.57. The zero-order valence-corrected chi connectivity index (χ0v) is 16.9. The molecule has 2 N–H and O–H groups in total. The molecule has 166 valence electrons. The predicted molar refractivity (Wildman–Crippen MR) is 98.9 cm³/mol. The summed E-state index contributed by atoms with van der Waals surface area (Å²) in [7, 11) is 0. The van der Waals surface area contributed by atoms with Gasteiger partial charge in [-0.1, -0.05) is 0 Å². The molecule has 2 saturated carbocycles. The van der Waals surface area contributed by atoms with Crippen molar-refractivity contribution in [3.8, 4) is 0 Å². The number of alkyl halides is 3. The molecule has 9 nitrogen and oxygen atoms in total. The number of hydrogen-bond acceptors (Lipinski definition) is 7. The fourth-order valence-corrected chi connectivity index (χ4v) is 4.24. The Morgan fingerprint density at radius 1 is 1.27 bits per heavy atom. The van der Waals surface area contributed by atoms with Crippen molar-refractivity contribution in [2.75, 3.05) is 0 Å². The Hall–Kier alpha value is -2.08. The largest absolute Gasteiger partial charge is 0.417 e. The molecule has 2 fully saturated rings. The highest BCUT2D eigenvalue weighted by atomic mass is 19.4. The van der Waals surface area contributed by atoms with Crippen molar-refractivity contribution in [3.63, 3.8) is 0 Å². The molecule has 0 amide bonds. The molecule has 0 aliphatic heterocycles. The number of aromatic nitrogens is 7. The number of tetrazole rings is 1. The zero-order chi connectivity index (χ0) is 21.4. The minimum atomic E-state index is -4.65. The van der Waals surface area contributed by atoms with Crippen LogP contribution in [0.2, 0.25) is 0 Å². The Morgan fingerprint density at radius 2 is 2.00 bits per heavy atom. The van der Waals surface area contributed by atoms with Crippen LogP contribution in [0.1, 0.15) is 57.7 Å². The van der Waals surface area contributed by atoms with Crippen molar-refractivity contribution in [2.24, 2.45) is 5.92 Å². The van der Waals surface area contributed by atoms with E-state index in [0.29, 0.717) is 31.3 Å². The molecule has 12 heteroatoms. The normalized spacial score (nSPS) is 28.6. The fraction of sp³-hybridized carbons (Fsp3) is 0.833. The Kier molecular flexibility index (Phi) is 5.56. The molecule has 2 aliphatic rings. The maximum Gasteiger partial charge on any atom is 0.417 e. The van der Waals surface area contributed by atoms with Crippen LogP contribution in [0.3, 0.4) is 0 Å². The van der Waals surface area contributed by atoms with Gasteiger partial charge in [-0.25, -0.2) is 9.67 Å². The first-order chi connectivity index (χ1) is 14.2. The highest BCUT2D eigenvalue weighted by molar-refractivity contribution is 5.11. The lowest BCUT2D eigenvalue weighted by atomic mass is 9.72. The second kappa shape index (κ2) is 7.88. The van der Waals surface area contributed by atoms with Crippen molar-refractivity contribution in [2.45, 2.75) is 88.3 Å². The summed E-state index contributed by atoms with van der Waals surface area (Å²) >= 11 is 0. The predicted octanol–water partition coefficient (Wildman–Crippen LogP) is 1.81. The number of aryl methyl sites for hydroxylation is 1. The lowest BCUT2D eigenvalue weighted by Gasteiger charge is -2.45. The van der Waals surface area contributed by atoms with Gasteiger partial charge >= 0.3 is 6.18 Å². The van der Waals surface area contributed by atoms with Gasteiger partial charge in [0.1, 0.15) is 12.7 Å². The zero-order valence-electron chi connectivity index (χ0n) is 16.9. The number of hydrogen-bond donors (Lipinski definition) is 2. The first kappa shape index (κ1) is 21.2. The number of aliphatic hydroxyl groups is 1. The maximum atomic E-state index is 13.4. The van der Waals surface area contributed by atoms with Gasteiger partial charge in [0.25, 0.3) is 0 Å². The van der Waals surface area contributed by atoms with Crippen molar-refractivity contribution < 1.29 is 18.3 Å². The van der Waals surface area contributed by atoms with E-state index >= 15 is 0 Å². The SMILES string of the molecule is CC(CCn1cncn1)NC1(c2nnnn2CC2CC2)CCC(O)(C(F)(F)F)CC1. The van der Waals surface area contributed by atoms with E-state index in [1.807, 2.05) is 6.92 Å². The first-order valence-corrected chi connectivity index (χ1v) is 10.4. The van der Waals surface area contributed by atoms with Crippen LogP contribution in [0.5, 0.6) is 0 Å². The average molecular weight is 428 g/mol. The monoisotopic (exact) mass is 428 g/mol. The van der Waals surface area contributed by atoms with Gasteiger partial charge in [-0.2, -0.15) is 18.3 Å². The molecule has 2 aliphatic carbocycles. The molecule has 0 radical (unpaired) electrons. The Labute approximate surface area is 172 Å². The topological polar surface area (TPSA) is 107 Å². The van der Waals surface area contributed by atoms with Gasteiger partial charge in [-0.15, -0.1) is 5.10 Å². The quantitative estimate of drug-likeness (QED) is 0.660. The number of halogens is 3. The van der Waals surface area contributed by atoms with E-state index in [2.05, 4.69) is 30.9 Å². The summed E-state index contributed by atoms with van der Waals surface area (Å²) < 4.78 is 43.6. The van der Waals surface area contributed by atoms with Crippen molar-refractivity contribution >= 4 is 0 Å². The summed E-state index contributed by atoms with van der Waals surface area (Å²) in [6, 6.07) is -0.0302. The molecule has 0 aromatic carbocycles. The minimum absolute atomic E-state index is 0.0302. The molecule has 2 heterocycles. The lowest BCUT2D eigenvalue weighted by molar-refractivity contribution is -0.274. The average Bonchev–Trinajstić information content (AvgIpc) is 3.15. The summed E-state index contributed by atoms with van der Waals surface area (Å²) in [6.45, 7) is 3.28. The third kappa shape index (κ3) is 4.34. The molecule has 0 saturated heterocycles. The van der Waals surface area contributed by atoms with Gasteiger partial charge in [-0.3, -0.25) is 4.68 Å². The fourth-order valence-electron chi connectivity index (χ4n) is 4.24. The van der Waals surface area contributed by atoms with E-state index in [1.165, 1.54) is 6.33 Å².